The number of halogens is 1. The van der Waals surface area contributed by atoms with E-state index < -0.39 is 17.1 Å². The molecule has 1 N–H and O–H groups in total. The second kappa shape index (κ2) is 11.9. The Morgan fingerprint density at radius 2 is 1.76 bits per heavy atom. The zero-order chi connectivity index (χ0) is 27.4. The number of hydrogen-bond donors (Lipinski definition) is 1. The Morgan fingerprint density at radius 3 is 2.45 bits per heavy atom. The number of imide groups is 1. The summed E-state index contributed by atoms with van der Waals surface area (Å²) in [5.74, 6) is 0.0346. The minimum atomic E-state index is -0.523. The number of ether oxygens (including phenoxy) is 2. The van der Waals surface area contributed by atoms with Gasteiger partial charge in [-0.25, -0.2) is 0 Å². The fourth-order valence-electron chi connectivity index (χ4n) is 3.75. The zero-order valence-corrected chi connectivity index (χ0v) is 23.9. The van der Waals surface area contributed by atoms with Gasteiger partial charge in [-0.3, -0.25) is 19.3 Å². The van der Waals surface area contributed by atoms with E-state index in [4.69, 9.17) is 9.47 Å². The van der Waals surface area contributed by atoms with E-state index in [1.807, 2.05) is 57.2 Å². The van der Waals surface area contributed by atoms with Gasteiger partial charge in [0, 0.05) is 5.69 Å². The Balaban J connectivity index is 1.46. The summed E-state index contributed by atoms with van der Waals surface area (Å²) in [6.45, 7) is 5.94. The maximum Gasteiger partial charge on any atom is 0.294 e. The number of benzene rings is 3. The highest BCUT2D eigenvalue weighted by Crippen LogP contribution is 2.39. The summed E-state index contributed by atoms with van der Waals surface area (Å²) in [4.78, 5) is 39.2. The first-order valence-corrected chi connectivity index (χ1v) is 13.4. The summed E-state index contributed by atoms with van der Waals surface area (Å²) in [5, 5.41) is 2.25. The number of thioether (sulfide) groups is 1. The van der Waals surface area contributed by atoms with Crippen LogP contribution in [0.5, 0.6) is 11.5 Å². The van der Waals surface area contributed by atoms with E-state index in [2.05, 4.69) is 21.2 Å². The van der Waals surface area contributed by atoms with Crippen molar-refractivity contribution in [3.05, 3.63) is 91.8 Å². The van der Waals surface area contributed by atoms with Gasteiger partial charge in [-0.15, -0.1) is 0 Å². The molecule has 0 unspecified atom stereocenters. The molecule has 1 aliphatic rings. The summed E-state index contributed by atoms with van der Waals surface area (Å²) < 4.78 is 12.2. The van der Waals surface area contributed by atoms with Gasteiger partial charge in [0.2, 0.25) is 5.91 Å². The summed E-state index contributed by atoms with van der Waals surface area (Å²) in [7, 11) is 1.53. The standard InChI is InChI=1S/C29H27BrN2O5S/c1-17-5-8-20(9-6-17)16-37-27-23(30)12-21(13-24(27)36-4)14-25-28(34)32(29(35)38-25)15-26(33)31-22-10-7-18(2)19(3)11-22/h5-14H,15-16H2,1-4H3,(H,31,33)/b25-14+. The van der Waals surface area contributed by atoms with Crippen molar-refractivity contribution >= 4 is 56.5 Å². The highest BCUT2D eigenvalue weighted by molar-refractivity contribution is 9.10. The number of anilines is 1. The average molecular weight is 596 g/mol. The van der Waals surface area contributed by atoms with Crippen LogP contribution in [0.1, 0.15) is 27.8 Å². The van der Waals surface area contributed by atoms with Gasteiger partial charge in [-0.1, -0.05) is 35.9 Å². The highest BCUT2D eigenvalue weighted by atomic mass is 79.9. The van der Waals surface area contributed by atoms with E-state index in [0.29, 0.717) is 33.8 Å². The number of nitrogens with one attached hydrogen (secondary N) is 1. The molecule has 0 aromatic heterocycles. The minimum Gasteiger partial charge on any atom is -0.493 e. The number of carbonyl (C=O) groups is 3. The molecule has 3 amide bonds. The third-order valence-corrected chi connectivity index (χ3v) is 7.52. The lowest BCUT2D eigenvalue weighted by Gasteiger charge is -2.14. The van der Waals surface area contributed by atoms with E-state index >= 15 is 0 Å². The first kappa shape index (κ1) is 27.5. The lowest BCUT2D eigenvalue weighted by atomic mass is 10.1. The smallest absolute Gasteiger partial charge is 0.294 e. The molecule has 0 radical (unpaired) electrons. The van der Waals surface area contributed by atoms with Crippen molar-refractivity contribution in [1.29, 1.82) is 0 Å². The Kier molecular flexibility index (Phi) is 8.58. The molecule has 7 nitrogen and oxygen atoms in total. The number of aryl methyl sites for hydroxylation is 3. The fraction of sp³-hybridized carbons (Fsp3) is 0.207. The number of hydrogen-bond acceptors (Lipinski definition) is 6. The first-order valence-electron chi connectivity index (χ1n) is 11.8. The second-order valence-electron chi connectivity index (χ2n) is 8.92. The Morgan fingerprint density at radius 1 is 1.03 bits per heavy atom. The van der Waals surface area contributed by atoms with E-state index in [0.717, 1.165) is 33.4 Å². The second-order valence-corrected chi connectivity index (χ2v) is 10.8. The maximum absolute atomic E-state index is 13.0. The van der Waals surface area contributed by atoms with Crippen LogP contribution in [0.15, 0.2) is 64.0 Å². The SMILES string of the molecule is COc1cc(/C=C2/SC(=O)N(CC(=O)Nc3ccc(C)c(C)c3)C2=O)cc(Br)c1OCc1ccc(C)cc1. The van der Waals surface area contributed by atoms with Crippen molar-refractivity contribution in [2.45, 2.75) is 27.4 Å². The van der Waals surface area contributed by atoms with E-state index in [-0.39, 0.29) is 11.4 Å². The summed E-state index contributed by atoms with van der Waals surface area (Å²) in [5.41, 5.74) is 5.58. The third-order valence-electron chi connectivity index (χ3n) is 6.02. The summed E-state index contributed by atoms with van der Waals surface area (Å²) in [6.07, 6.45) is 1.60. The van der Waals surface area contributed by atoms with Crippen molar-refractivity contribution in [2.24, 2.45) is 0 Å². The molecule has 9 heteroatoms. The number of amides is 3. The van der Waals surface area contributed by atoms with Gasteiger partial charge in [0.25, 0.3) is 11.1 Å². The average Bonchev–Trinajstić information content (AvgIpc) is 3.13. The van der Waals surface area contributed by atoms with E-state index in [1.165, 1.54) is 12.7 Å². The highest BCUT2D eigenvalue weighted by Gasteiger charge is 2.36. The van der Waals surface area contributed by atoms with Gasteiger partial charge in [0.05, 0.1) is 16.5 Å². The molecule has 38 heavy (non-hydrogen) atoms. The molecule has 0 aliphatic carbocycles. The van der Waals surface area contributed by atoms with Crippen LogP contribution in [0.3, 0.4) is 0 Å². The lowest BCUT2D eigenvalue weighted by molar-refractivity contribution is -0.127. The topological polar surface area (TPSA) is 84.9 Å². The van der Waals surface area contributed by atoms with Crippen LogP contribution in [0, 0.1) is 20.8 Å². The molecule has 3 aromatic carbocycles. The van der Waals surface area contributed by atoms with E-state index in [9.17, 15) is 14.4 Å². The van der Waals surface area contributed by atoms with Crippen LogP contribution in [-0.4, -0.2) is 35.6 Å². The molecule has 1 aliphatic heterocycles. The minimum absolute atomic E-state index is 0.219. The maximum atomic E-state index is 13.0. The molecular formula is C29H27BrN2O5S. The predicted molar refractivity (Wildman–Crippen MR) is 153 cm³/mol. The zero-order valence-electron chi connectivity index (χ0n) is 21.5. The molecule has 0 bridgehead atoms. The van der Waals surface area contributed by atoms with Crippen LogP contribution in [-0.2, 0) is 16.2 Å². The van der Waals surface area contributed by atoms with Gasteiger partial charge in [0.1, 0.15) is 13.2 Å². The van der Waals surface area contributed by atoms with Gasteiger partial charge in [-0.2, -0.15) is 0 Å². The monoisotopic (exact) mass is 594 g/mol. The predicted octanol–water partition coefficient (Wildman–Crippen LogP) is 6.64. The fourth-order valence-corrected chi connectivity index (χ4v) is 5.17. The molecule has 4 rings (SSSR count). The molecule has 0 atom stereocenters. The third kappa shape index (κ3) is 6.46. The van der Waals surface area contributed by atoms with Gasteiger partial charge >= 0.3 is 0 Å². The van der Waals surface area contributed by atoms with Gasteiger partial charge in [0.15, 0.2) is 11.5 Å². The molecule has 3 aromatic rings. The first-order chi connectivity index (χ1) is 18.1. The molecule has 1 heterocycles. The number of methoxy groups -OCH3 is 1. The molecule has 196 valence electrons. The quantitative estimate of drug-likeness (QED) is 0.294. The van der Waals surface area contributed by atoms with Crippen LogP contribution in [0.25, 0.3) is 6.08 Å². The van der Waals surface area contributed by atoms with Gasteiger partial charge in [-0.05, 0) is 101 Å². The number of carbonyl (C=O) groups excluding carboxylic acids is 3. The Bertz CT molecular complexity index is 1440. The molecule has 0 saturated carbocycles. The van der Waals surface area contributed by atoms with Crippen molar-refractivity contribution in [3.8, 4) is 11.5 Å². The van der Waals surface area contributed by atoms with Crippen LogP contribution < -0.4 is 14.8 Å². The van der Waals surface area contributed by atoms with Crippen molar-refractivity contribution in [3.63, 3.8) is 0 Å². The summed E-state index contributed by atoms with van der Waals surface area (Å²) in [6, 6.07) is 17.1. The number of rotatable bonds is 8. The van der Waals surface area contributed by atoms with Crippen molar-refractivity contribution in [2.75, 3.05) is 19.0 Å². The Labute approximate surface area is 234 Å². The lowest BCUT2D eigenvalue weighted by Crippen LogP contribution is -2.36. The van der Waals surface area contributed by atoms with Gasteiger partial charge < -0.3 is 14.8 Å². The van der Waals surface area contributed by atoms with Crippen LogP contribution in [0.2, 0.25) is 0 Å². The number of nitrogens with zero attached hydrogens (tertiary/aromatic N) is 1. The summed E-state index contributed by atoms with van der Waals surface area (Å²) >= 11 is 4.32. The Hall–Kier alpha value is -3.56. The molecule has 0 spiro atoms. The van der Waals surface area contributed by atoms with Crippen LogP contribution in [0.4, 0.5) is 10.5 Å². The van der Waals surface area contributed by atoms with Crippen molar-refractivity contribution < 1.29 is 23.9 Å². The molecule has 1 fully saturated rings. The molecular weight excluding hydrogens is 568 g/mol. The van der Waals surface area contributed by atoms with E-state index in [1.54, 1.807) is 24.3 Å². The normalized spacial score (nSPS) is 14.2. The largest absolute Gasteiger partial charge is 0.493 e. The molecule has 1 saturated heterocycles. The van der Waals surface area contributed by atoms with Crippen molar-refractivity contribution in [1.82, 2.24) is 4.90 Å². The van der Waals surface area contributed by atoms with Crippen LogP contribution >= 0.6 is 27.7 Å².